The molecule has 0 fully saturated rings. The minimum atomic E-state index is 0.381. The predicted molar refractivity (Wildman–Crippen MR) is 381 cm³/mol. The topological polar surface area (TPSA) is 154 Å². The SMILES string of the molecule is [C-]#[N+]c1ccccc1-c1cc(-c2nc(-c3ccccc3)nc(-c3ccc(-n4c5ccccc5c5cc(-c6nc(-c7ccccc7)nc(-c7ccccc7)n6)ccc54)c(C#N)c3)n2)ccc1-n1c2ccccc2c2cc(-c3nc(-c4ccccc4)nc(-c4ccccc4)n3)ccc21. The fourth-order valence-electron chi connectivity index (χ4n) is 12.8. The first-order valence-electron chi connectivity index (χ1n) is 31.3. The molecule has 13 heteroatoms. The number of fused-ring (bicyclic) bond motifs is 6. The molecule has 446 valence electrons. The third kappa shape index (κ3) is 10.1. The van der Waals surface area contributed by atoms with Crippen molar-refractivity contribution in [3.8, 4) is 131 Å². The van der Waals surface area contributed by atoms with Crippen LogP contribution in [0.4, 0.5) is 5.69 Å². The highest BCUT2D eigenvalue weighted by Gasteiger charge is 2.24. The number of nitrogens with zero attached hydrogens (tertiary/aromatic N) is 13. The predicted octanol–water partition coefficient (Wildman–Crippen LogP) is 19.5. The Morgan fingerprint density at radius 1 is 0.260 bits per heavy atom. The van der Waals surface area contributed by atoms with Crippen molar-refractivity contribution in [3.05, 3.63) is 314 Å². The van der Waals surface area contributed by atoms with Crippen LogP contribution in [0.5, 0.6) is 0 Å². The summed E-state index contributed by atoms with van der Waals surface area (Å²) in [6.07, 6.45) is 0. The number of rotatable bonds is 12. The Morgan fingerprint density at radius 2 is 0.562 bits per heavy atom. The van der Waals surface area contributed by atoms with Crippen LogP contribution in [0, 0.1) is 17.9 Å². The molecule has 0 aliphatic carbocycles. The molecule has 17 rings (SSSR count). The van der Waals surface area contributed by atoms with E-state index in [1.54, 1.807) is 0 Å². The average molecular weight is 1230 g/mol. The minimum Gasteiger partial charge on any atom is -0.309 e. The van der Waals surface area contributed by atoms with E-state index in [1.807, 2.05) is 224 Å². The van der Waals surface area contributed by atoms with E-state index >= 15 is 0 Å². The van der Waals surface area contributed by atoms with Crippen molar-refractivity contribution in [3.63, 3.8) is 0 Å². The zero-order valence-electron chi connectivity index (χ0n) is 51.1. The first kappa shape index (κ1) is 56.2. The van der Waals surface area contributed by atoms with Crippen molar-refractivity contribution in [1.82, 2.24) is 54.0 Å². The molecule has 12 aromatic carbocycles. The molecule has 0 saturated heterocycles. The van der Waals surface area contributed by atoms with Crippen molar-refractivity contribution in [2.45, 2.75) is 0 Å². The molecule has 0 unspecified atom stereocenters. The maximum absolute atomic E-state index is 11.2. The number of hydrogen-bond donors (Lipinski definition) is 0. The van der Waals surface area contributed by atoms with Gasteiger partial charge in [0.15, 0.2) is 58.1 Å². The highest BCUT2D eigenvalue weighted by Crippen LogP contribution is 2.43. The molecular formula is C83H49N13. The van der Waals surface area contributed by atoms with Crippen LogP contribution in [-0.4, -0.2) is 54.0 Å². The lowest BCUT2D eigenvalue weighted by molar-refractivity contribution is 1.07. The monoisotopic (exact) mass is 1230 g/mol. The molecule has 0 atom stereocenters. The zero-order chi connectivity index (χ0) is 64.1. The van der Waals surface area contributed by atoms with E-state index < -0.39 is 0 Å². The van der Waals surface area contributed by atoms with Crippen LogP contribution in [0.1, 0.15) is 5.56 Å². The standard InChI is InChI=1S/C83H49N13/c1-85-68-36-20-17-33-62(68)65-48-58(40-44-72(65)96-71-38-22-19-35-64(71)67-50-60(42-46-74(67)96)82-91-77(54-27-11-4-12-28-54)87-78(92-82)55-29-13-5-14-30-55)83-93-79(56-31-15-6-16-32-56)88-80(94-83)57-39-43-69(61(47-57)51-84)95-70-37-21-18-34-63(70)66-49-59(41-45-73(66)95)81-89-75(52-23-7-2-8-24-52)86-76(90-81)53-25-9-3-10-26-53/h2-50H. The number of aromatic nitrogens is 11. The molecule has 5 aromatic heterocycles. The van der Waals surface area contributed by atoms with Crippen LogP contribution in [0.2, 0.25) is 0 Å². The third-order valence-electron chi connectivity index (χ3n) is 17.4. The van der Waals surface area contributed by atoms with Gasteiger partial charge in [0.05, 0.1) is 45.6 Å². The van der Waals surface area contributed by atoms with Gasteiger partial charge >= 0.3 is 0 Å². The molecular weight excluding hydrogens is 1180 g/mol. The Morgan fingerprint density at radius 3 is 0.958 bits per heavy atom. The van der Waals surface area contributed by atoms with Crippen LogP contribution in [0.3, 0.4) is 0 Å². The van der Waals surface area contributed by atoms with Crippen molar-refractivity contribution >= 4 is 49.3 Å². The molecule has 0 saturated carbocycles. The second-order valence-corrected chi connectivity index (χ2v) is 23.1. The second-order valence-electron chi connectivity index (χ2n) is 23.1. The molecule has 5 heterocycles. The van der Waals surface area contributed by atoms with Crippen LogP contribution in [0.15, 0.2) is 297 Å². The molecule has 17 aromatic rings. The maximum Gasteiger partial charge on any atom is 0.194 e. The van der Waals surface area contributed by atoms with E-state index in [-0.39, 0.29) is 0 Å². The molecule has 0 amide bonds. The fraction of sp³-hybridized carbons (Fsp3) is 0. The van der Waals surface area contributed by atoms with E-state index in [4.69, 9.17) is 51.4 Å². The summed E-state index contributed by atoms with van der Waals surface area (Å²) in [5, 5.41) is 15.2. The first-order chi connectivity index (χ1) is 47.5. The van der Waals surface area contributed by atoms with Gasteiger partial charge < -0.3 is 9.13 Å². The smallest absolute Gasteiger partial charge is 0.194 e. The molecule has 0 radical (unpaired) electrons. The van der Waals surface area contributed by atoms with Crippen molar-refractivity contribution in [2.24, 2.45) is 0 Å². The highest BCUT2D eigenvalue weighted by molar-refractivity contribution is 6.12. The van der Waals surface area contributed by atoms with E-state index in [2.05, 4.69) is 92.8 Å². The van der Waals surface area contributed by atoms with Crippen molar-refractivity contribution in [2.75, 3.05) is 0 Å². The summed E-state index contributed by atoms with van der Waals surface area (Å²) in [6, 6.07) is 101. The van der Waals surface area contributed by atoms with Crippen LogP contribution < -0.4 is 0 Å². The fourth-order valence-corrected chi connectivity index (χ4v) is 12.8. The summed E-state index contributed by atoms with van der Waals surface area (Å²) in [4.78, 5) is 49.9. The van der Waals surface area contributed by atoms with Gasteiger partial charge in [0.25, 0.3) is 0 Å². The van der Waals surface area contributed by atoms with Crippen LogP contribution in [0.25, 0.3) is 173 Å². The summed E-state index contributed by atoms with van der Waals surface area (Å²) >= 11 is 0. The van der Waals surface area contributed by atoms with Crippen molar-refractivity contribution in [1.29, 1.82) is 5.26 Å². The molecule has 0 bridgehead atoms. The quantitative estimate of drug-likeness (QED) is 0.108. The van der Waals surface area contributed by atoms with E-state index in [9.17, 15) is 5.26 Å². The van der Waals surface area contributed by atoms with Gasteiger partial charge in [-0.1, -0.05) is 212 Å². The van der Waals surface area contributed by atoms with E-state index in [1.165, 1.54) is 0 Å². The maximum atomic E-state index is 11.2. The van der Waals surface area contributed by atoms with Gasteiger partial charge in [-0.25, -0.2) is 49.7 Å². The summed E-state index contributed by atoms with van der Waals surface area (Å²) in [6.45, 7) is 8.47. The minimum absolute atomic E-state index is 0.381. The van der Waals surface area contributed by atoms with Gasteiger partial charge in [0.2, 0.25) is 0 Å². The van der Waals surface area contributed by atoms with Gasteiger partial charge in [-0.15, -0.1) is 0 Å². The second kappa shape index (κ2) is 23.8. The van der Waals surface area contributed by atoms with Gasteiger partial charge in [-0.2, -0.15) is 5.26 Å². The first-order valence-corrected chi connectivity index (χ1v) is 31.3. The Bertz CT molecular complexity index is 5860. The van der Waals surface area contributed by atoms with Crippen molar-refractivity contribution < 1.29 is 0 Å². The van der Waals surface area contributed by atoms with Gasteiger partial charge in [0.1, 0.15) is 6.07 Å². The molecule has 0 spiro atoms. The van der Waals surface area contributed by atoms with Crippen LogP contribution in [-0.2, 0) is 0 Å². The van der Waals surface area contributed by atoms with E-state index in [0.29, 0.717) is 80.5 Å². The molecule has 0 aliphatic heterocycles. The summed E-state index contributed by atoms with van der Waals surface area (Å²) in [5.41, 5.74) is 15.0. The largest absolute Gasteiger partial charge is 0.309 e. The van der Waals surface area contributed by atoms with Gasteiger partial charge in [-0.3, -0.25) is 0 Å². The van der Waals surface area contributed by atoms with E-state index in [0.717, 1.165) is 99.4 Å². The number of hydrogen-bond acceptors (Lipinski definition) is 10. The lowest BCUT2D eigenvalue weighted by Crippen LogP contribution is -2.03. The van der Waals surface area contributed by atoms with Gasteiger partial charge in [0, 0.05) is 71.6 Å². The zero-order valence-corrected chi connectivity index (χ0v) is 51.1. The summed E-state index contributed by atoms with van der Waals surface area (Å²) in [5.74, 6) is 4.66. The Balaban J connectivity index is 0.789. The normalized spacial score (nSPS) is 11.3. The Kier molecular flexibility index (Phi) is 13.9. The Labute approximate surface area is 550 Å². The summed E-state index contributed by atoms with van der Waals surface area (Å²) < 4.78 is 4.41. The number of para-hydroxylation sites is 3. The Hall–Kier alpha value is -13.8. The number of benzene rings is 12. The summed E-state index contributed by atoms with van der Waals surface area (Å²) in [7, 11) is 0. The molecule has 0 N–H and O–H groups in total. The lowest BCUT2D eigenvalue weighted by atomic mass is 9.98. The highest BCUT2D eigenvalue weighted by atomic mass is 15.1. The number of nitriles is 1. The van der Waals surface area contributed by atoms with Gasteiger partial charge in [-0.05, 0) is 96.1 Å². The molecule has 13 nitrogen and oxygen atoms in total. The lowest BCUT2D eigenvalue weighted by Gasteiger charge is -2.17. The molecule has 0 aliphatic rings. The van der Waals surface area contributed by atoms with Crippen LogP contribution >= 0.6 is 0 Å². The molecule has 96 heavy (non-hydrogen) atoms. The average Bonchev–Trinajstić information content (AvgIpc) is 1.53. The third-order valence-corrected chi connectivity index (χ3v) is 17.4.